The van der Waals surface area contributed by atoms with Gasteiger partial charge in [-0.2, -0.15) is 11.8 Å². The van der Waals surface area contributed by atoms with E-state index >= 15 is 0 Å². The zero-order valence-electron chi connectivity index (χ0n) is 21.4. The number of aliphatic carboxylic acids is 3. The van der Waals surface area contributed by atoms with Gasteiger partial charge in [0.15, 0.2) is 6.17 Å². The second-order valence-electron chi connectivity index (χ2n) is 7.21. The zero-order chi connectivity index (χ0) is 31.3. The van der Waals surface area contributed by atoms with E-state index in [-0.39, 0.29) is 12.8 Å². The van der Waals surface area contributed by atoms with E-state index in [2.05, 4.69) is 10.1 Å². The summed E-state index contributed by atoms with van der Waals surface area (Å²) in [5.41, 5.74) is 19.9. The molecule has 0 radical (unpaired) electrons. The van der Waals surface area contributed by atoms with Gasteiger partial charge in [0.1, 0.15) is 18.1 Å². The molecule has 5 amide bonds. The number of amides is 5. The van der Waals surface area contributed by atoms with Crippen molar-refractivity contribution in [3.63, 3.8) is 0 Å². The van der Waals surface area contributed by atoms with Crippen molar-refractivity contribution < 1.29 is 58.4 Å². The maximum atomic E-state index is 10.8. The largest absolute Gasteiger partial charge is 0.481 e. The molecule has 0 aliphatic carbocycles. The van der Waals surface area contributed by atoms with Crippen LogP contribution in [0.5, 0.6) is 0 Å². The summed E-state index contributed by atoms with van der Waals surface area (Å²) in [6.45, 7) is 2.49. The Morgan fingerprint density at radius 2 is 1.51 bits per heavy atom. The smallest absolute Gasteiger partial charge is 0.330 e. The van der Waals surface area contributed by atoms with Crippen molar-refractivity contribution in [2.24, 2.45) is 22.9 Å². The Kier molecular flexibility index (Phi) is 22.3. The van der Waals surface area contributed by atoms with Crippen LogP contribution in [0.3, 0.4) is 0 Å². The Morgan fingerprint density at radius 1 is 1.00 bits per heavy atom. The topological polar surface area (TPSA) is 347 Å². The van der Waals surface area contributed by atoms with E-state index in [0.29, 0.717) is 6.42 Å². The highest BCUT2D eigenvalue weighted by Gasteiger charge is 2.29. The molecule has 0 saturated carbocycles. The van der Waals surface area contributed by atoms with Gasteiger partial charge in [-0.05, 0) is 31.8 Å². The number of imide groups is 1. The van der Waals surface area contributed by atoms with E-state index in [0.717, 1.165) is 12.7 Å². The molecule has 0 aromatic heterocycles. The van der Waals surface area contributed by atoms with Gasteiger partial charge < -0.3 is 53.6 Å². The fourth-order valence-electron chi connectivity index (χ4n) is 1.64. The van der Waals surface area contributed by atoms with Gasteiger partial charge in [0, 0.05) is 13.3 Å². The minimum absolute atomic E-state index is 0.0402. The summed E-state index contributed by atoms with van der Waals surface area (Å²) < 4.78 is 4.15. The van der Waals surface area contributed by atoms with Gasteiger partial charge in [-0.15, -0.1) is 0 Å². The summed E-state index contributed by atoms with van der Waals surface area (Å²) in [7, 11) is 0. The van der Waals surface area contributed by atoms with Gasteiger partial charge in [-0.25, -0.2) is 14.4 Å². The van der Waals surface area contributed by atoms with Crippen LogP contribution in [0.4, 0.5) is 9.59 Å². The van der Waals surface area contributed by atoms with Crippen LogP contribution in [0.1, 0.15) is 33.1 Å². The molecule has 1 aliphatic heterocycles. The van der Waals surface area contributed by atoms with Crippen LogP contribution in [0.2, 0.25) is 0 Å². The van der Waals surface area contributed by atoms with Crippen molar-refractivity contribution in [2.45, 2.75) is 57.4 Å². The number of hydrogen-bond donors (Lipinski definition) is 10. The second-order valence-corrected chi connectivity index (χ2v) is 8.19. The summed E-state index contributed by atoms with van der Waals surface area (Å²) in [5, 5.41) is 30.4. The van der Waals surface area contributed by atoms with Crippen molar-refractivity contribution in [1.29, 1.82) is 0 Å². The molecule has 1 heterocycles. The molecule has 0 aromatic rings. The molecule has 0 bridgehead atoms. The molecule has 0 spiro atoms. The fraction of sp³-hybridized carbons (Fsp3) is 0.579. The number of nitrogens with one attached hydrogen (secondary N) is 3. The number of carbonyl (C=O) groups is 8. The molecular formula is C19H35N7O12S. The van der Waals surface area contributed by atoms with Crippen LogP contribution in [0, 0.1) is 0 Å². The van der Waals surface area contributed by atoms with Crippen LogP contribution in [0.25, 0.3) is 0 Å². The van der Waals surface area contributed by atoms with E-state index in [4.69, 9.17) is 38.3 Å². The van der Waals surface area contributed by atoms with E-state index in [1.165, 1.54) is 6.92 Å². The summed E-state index contributed by atoms with van der Waals surface area (Å²) in [5.74, 6) is -4.38. The first-order chi connectivity index (χ1) is 17.8. The molecule has 1 fully saturated rings. The Balaban J connectivity index is -0.000000458. The van der Waals surface area contributed by atoms with E-state index in [1.54, 1.807) is 11.8 Å². The van der Waals surface area contributed by atoms with Crippen LogP contribution in [-0.2, 0) is 33.5 Å². The van der Waals surface area contributed by atoms with Crippen LogP contribution in [-0.4, -0.2) is 99.4 Å². The molecule has 1 rings (SSSR count). The first-order valence-corrected chi connectivity index (χ1v) is 12.1. The monoisotopic (exact) mass is 585 g/mol. The number of carboxylic acids is 3. The first-order valence-electron chi connectivity index (χ1n) is 10.7. The van der Waals surface area contributed by atoms with Crippen molar-refractivity contribution in [3.05, 3.63) is 0 Å². The normalized spacial score (nSPS) is 15.4. The molecule has 20 heteroatoms. The number of esters is 2. The molecule has 0 aromatic carbocycles. The average Bonchev–Trinajstić information content (AvgIpc) is 3.11. The number of primary amides is 1. The lowest BCUT2D eigenvalue weighted by Crippen LogP contribution is -2.48. The van der Waals surface area contributed by atoms with Crippen LogP contribution in [0.15, 0.2) is 0 Å². The lowest BCUT2D eigenvalue weighted by molar-refractivity contribution is -0.159. The number of ether oxygens (including phenoxy) is 1. The summed E-state index contributed by atoms with van der Waals surface area (Å²) in [6, 6.07) is -3.98. The maximum absolute atomic E-state index is 10.8. The SMILES string of the molecule is CC(=O)OC(=O)C(N)CCC(=O)O.CC(N)C(=O)O.CSCCC(N)C(=O)O.NC(=O)NC1NC(=O)NC1=O. The van der Waals surface area contributed by atoms with Crippen molar-refractivity contribution in [2.75, 3.05) is 12.0 Å². The lowest BCUT2D eigenvalue weighted by Gasteiger charge is -2.06. The number of rotatable bonds is 10. The Hall–Kier alpha value is -4.01. The van der Waals surface area contributed by atoms with Gasteiger partial charge in [0.25, 0.3) is 5.91 Å². The molecule has 224 valence electrons. The van der Waals surface area contributed by atoms with Crippen molar-refractivity contribution in [1.82, 2.24) is 16.0 Å². The molecule has 19 nitrogen and oxygen atoms in total. The number of carboxylic acid groups (broad SMARTS) is 3. The number of urea groups is 2. The average molecular weight is 586 g/mol. The van der Waals surface area contributed by atoms with E-state index in [1.807, 2.05) is 16.9 Å². The van der Waals surface area contributed by atoms with Gasteiger partial charge in [0.2, 0.25) is 0 Å². The number of thioether (sulfide) groups is 1. The highest BCUT2D eigenvalue weighted by Crippen LogP contribution is 1.98. The number of carbonyl (C=O) groups excluding carboxylic acids is 5. The highest BCUT2D eigenvalue weighted by atomic mass is 32.2. The third-order valence-electron chi connectivity index (χ3n) is 3.62. The fourth-order valence-corrected chi connectivity index (χ4v) is 2.13. The third kappa shape index (κ3) is 25.4. The Morgan fingerprint density at radius 3 is 1.82 bits per heavy atom. The molecule has 39 heavy (non-hydrogen) atoms. The highest BCUT2D eigenvalue weighted by molar-refractivity contribution is 7.98. The predicted molar refractivity (Wildman–Crippen MR) is 135 cm³/mol. The Bertz CT molecular complexity index is 872. The van der Waals surface area contributed by atoms with E-state index in [9.17, 15) is 38.4 Å². The third-order valence-corrected chi connectivity index (χ3v) is 4.26. The predicted octanol–water partition coefficient (Wildman–Crippen LogP) is -3.34. The second kappa shape index (κ2) is 22.0. The number of hydrogen-bond acceptors (Lipinski definition) is 13. The van der Waals surface area contributed by atoms with Crippen molar-refractivity contribution >= 4 is 59.6 Å². The summed E-state index contributed by atoms with van der Waals surface area (Å²) in [6.07, 6.45) is 1.17. The van der Waals surface area contributed by atoms with Gasteiger partial charge in [-0.3, -0.25) is 29.3 Å². The zero-order valence-corrected chi connectivity index (χ0v) is 22.2. The lowest BCUT2D eigenvalue weighted by atomic mass is 10.2. The van der Waals surface area contributed by atoms with E-state index < -0.39 is 72.1 Å². The molecule has 4 unspecified atom stereocenters. The quantitative estimate of drug-likeness (QED) is 0.0680. The van der Waals surface area contributed by atoms with Crippen LogP contribution >= 0.6 is 11.8 Å². The van der Waals surface area contributed by atoms with Crippen molar-refractivity contribution in [3.8, 4) is 0 Å². The minimum Gasteiger partial charge on any atom is -0.481 e. The minimum atomic E-state index is -1.06. The molecule has 4 atom stereocenters. The standard InChI is InChI=1S/C7H11NO5.C5H11NO2S.C4H6N4O3.C3H7NO2/c1-4(9)13-7(12)5(8)2-3-6(10)11;1-9-3-2-4(6)5(7)8;5-3(10)6-1-2(9)8-4(11)7-1;1-2(4)3(5)6/h5H,2-3,8H2,1H3,(H,10,11);4H,2-3,6H2,1H3,(H,7,8);1H,(H3,5,6,10)(H2,7,8,9,11);2H,4H2,1H3,(H,5,6). The number of nitrogens with two attached hydrogens (primary N) is 4. The van der Waals surface area contributed by atoms with Gasteiger partial charge in [-0.1, -0.05) is 0 Å². The van der Waals surface area contributed by atoms with Gasteiger partial charge in [0.05, 0.1) is 0 Å². The molecular weight excluding hydrogens is 550 g/mol. The van der Waals surface area contributed by atoms with Gasteiger partial charge >= 0.3 is 41.9 Å². The molecule has 1 saturated heterocycles. The molecule has 14 N–H and O–H groups in total. The first kappa shape index (κ1) is 39.5. The summed E-state index contributed by atoms with van der Waals surface area (Å²) in [4.78, 5) is 82.1. The summed E-state index contributed by atoms with van der Waals surface area (Å²) >= 11 is 1.60. The Labute approximate surface area is 226 Å². The molecule has 1 aliphatic rings. The maximum Gasteiger partial charge on any atom is 0.330 e. The van der Waals surface area contributed by atoms with Crippen LogP contribution < -0.4 is 38.9 Å².